The first-order valence-electron chi connectivity index (χ1n) is 6.15. The van der Waals surface area contributed by atoms with Gasteiger partial charge in [-0.1, -0.05) is 42.0 Å². The molecule has 2 aromatic carbocycles. The Bertz CT molecular complexity index is 532. The van der Waals surface area contributed by atoms with E-state index in [0.717, 1.165) is 6.42 Å². The highest BCUT2D eigenvalue weighted by Gasteiger charge is 2.22. The van der Waals surface area contributed by atoms with Crippen molar-refractivity contribution in [3.05, 3.63) is 64.7 Å². The zero-order valence-electron chi connectivity index (χ0n) is 10.3. The minimum atomic E-state index is 0.438. The van der Waals surface area contributed by atoms with Crippen LogP contribution in [0.2, 0.25) is 0 Å². The molecule has 0 saturated heterocycles. The first-order chi connectivity index (χ1) is 8.24. The van der Waals surface area contributed by atoms with Crippen molar-refractivity contribution in [2.75, 3.05) is 5.32 Å². The first-order valence-corrected chi connectivity index (χ1v) is 6.15. The van der Waals surface area contributed by atoms with Crippen molar-refractivity contribution in [1.82, 2.24) is 0 Å². The average molecular weight is 223 g/mol. The summed E-state index contributed by atoms with van der Waals surface area (Å²) < 4.78 is 0. The molecule has 0 fully saturated rings. The number of aryl methyl sites for hydroxylation is 2. The van der Waals surface area contributed by atoms with Crippen LogP contribution in [-0.2, 0) is 6.42 Å². The van der Waals surface area contributed by atoms with E-state index in [0.29, 0.717) is 6.04 Å². The van der Waals surface area contributed by atoms with Gasteiger partial charge in [0.15, 0.2) is 0 Å². The van der Waals surface area contributed by atoms with Gasteiger partial charge >= 0.3 is 0 Å². The lowest BCUT2D eigenvalue weighted by atomic mass is 9.97. The summed E-state index contributed by atoms with van der Waals surface area (Å²) in [7, 11) is 0. The van der Waals surface area contributed by atoms with Crippen LogP contribution in [0.5, 0.6) is 0 Å². The zero-order chi connectivity index (χ0) is 11.8. The number of fused-ring (bicyclic) bond motifs is 1. The highest BCUT2D eigenvalue weighted by Crippen LogP contribution is 2.35. The molecule has 1 heterocycles. The Labute approximate surface area is 102 Å². The van der Waals surface area contributed by atoms with Gasteiger partial charge in [-0.05, 0) is 43.0 Å². The lowest BCUT2D eigenvalue weighted by molar-refractivity contribution is 0.815. The van der Waals surface area contributed by atoms with Crippen LogP contribution >= 0.6 is 0 Å². The number of hydrogen-bond acceptors (Lipinski definition) is 1. The van der Waals surface area contributed by atoms with Gasteiger partial charge in [-0.15, -0.1) is 0 Å². The number of nitrogens with one attached hydrogen (secondary N) is 1. The van der Waals surface area contributed by atoms with E-state index in [2.05, 4.69) is 61.6 Å². The summed E-state index contributed by atoms with van der Waals surface area (Å²) in [5, 5.41) is 3.61. The molecule has 1 nitrogen and oxygen atoms in total. The van der Waals surface area contributed by atoms with Crippen molar-refractivity contribution >= 4 is 5.69 Å². The molecule has 1 unspecified atom stereocenters. The predicted octanol–water partition coefficient (Wildman–Crippen LogP) is 4.01. The Morgan fingerprint density at radius 3 is 2.65 bits per heavy atom. The minimum Gasteiger partial charge on any atom is -0.378 e. The van der Waals surface area contributed by atoms with E-state index < -0.39 is 0 Å². The Hall–Kier alpha value is -1.76. The fraction of sp³-hybridized carbons (Fsp3) is 0.250. The molecule has 1 aliphatic rings. The average Bonchev–Trinajstić information content (AvgIpc) is 2.72. The molecule has 1 heteroatoms. The maximum Gasteiger partial charge on any atom is 0.0557 e. The molecule has 1 aliphatic heterocycles. The summed E-state index contributed by atoms with van der Waals surface area (Å²) in [5.74, 6) is 0. The molecule has 0 saturated carbocycles. The van der Waals surface area contributed by atoms with E-state index in [-0.39, 0.29) is 0 Å². The van der Waals surface area contributed by atoms with Gasteiger partial charge in [0.25, 0.3) is 0 Å². The molecule has 0 aliphatic carbocycles. The molecule has 1 N–H and O–H groups in total. The van der Waals surface area contributed by atoms with E-state index in [1.165, 1.54) is 27.9 Å². The van der Waals surface area contributed by atoms with E-state index in [4.69, 9.17) is 0 Å². The standard InChI is InChI=1S/C16H17N/c1-11-7-8-14(12(2)9-11)16-10-13-5-3-4-6-15(13)17-16/h3-9,16-17H,10H2,1-2H3. The Balaban J connectivity index is 1.94. The highest BCUT2D eigenvalue weighted by molar-refractivity contribution is 5.58. The van der Waals surface area contributed by atoms with Crippen LogP contribution in [0.15, 0.2) is 42.5 Å². The van der Waals surface area contributed by atoms with Gasteiger partial charge < -0.3 is 5.32 Å². The summed E-state index contributed by atoms with van der Waals surface area (Å²) in [6, 6.07) is 15.8. The lowest BCUT2D eigenvalue weighted by Gasteiger charge is -2.15. The quantitative estimate of drug-likeness (QED) is 0.770. The van der Waals surface area contributed by atoms with Crippen molar-refractivity contribution < 1.29 is 0 Å². The molecule has 0 aromatic heterocycles. The van der Waals surface area contributed by atoms with Crippen LogP contribution in [-0.4, -0.2) is 0 Å². The number of benzene rings is 2. The van der Waals surface area contributed by atoms with Gasteiger partial charge in [0, 0.05) is 5.69 Å². The molecular weight excluding hydrogens is 206 g/mol. The minimum absolute atomic E-state index is 0.438. The fourth-order valence-corrected chi connectivity index (χ4v) is 2.70. The van der Waals surface area contributed by atoms with Gasteiger partial charge in [0.05, 0.1) is 6.04 Å². The molecular formula is C16H17N. The SMILES string of the molecule is Cc1ccc(C2Cc3ccccc3N2)c(C)c1. The number of anilines is 1. The second-order valence-corrected chi connectivity index (χ2v) is 4.92. The first kappa shape index (κ1) is 10.4. The van der Waals surface area contributed by atoms with E-state index in [1.54, 1.807) is 0 Å². The van der Waals surface area contributed by atoms with Crippen molar-refractivity contribution in [2.24, 2.45) is 0 Å². The summed E-state index contributed by atoms with van der Waals surface area (Å²) in [6.45, 7) is 4.35. The summed E-state index contributed by atoms with van der Waals surface area (Å²) in [6.07, 6.45) is 1.10. The van der Waals surface area contributed by atoms with Crippen molar-refractivity contribution in [3.8, 4) is 0 Å². The molecule has 0 spiro atoms. The summed E-state index contributed by atoms with van der Waals surface area (Å²) >= 11 is 0. The van der Waals surface area contributed by atoms with Gasteiger partial charge in [0.1, 0.15) is 0 Å². The normalized spacial score (nSPS) is 17.6. The highest BCUT2D eigenvalue weighted by atomic mass is 14.9. The molecule has 17 heavy (non-hydrogen) atoms. The molecule has 1 atom stereocenters. The van der Waals surface area contributed by atoms with Crippen LogP contribution in [0.3, 0.4) is 0 Å². The van der Waals surface area contributed by atoms with Gasteiger partial charge in [0.2, 0.25) is 0 Å². The number of hydrogen-bond donors (Lipinski definition) is 1. The van der Waals surface area contributed by atoms with Crippen LogP contribution < -0.4 is 5.32 Å². The van der Waals surface area contributed by atoms with Crippen molar-refractivity contribution in [1.29, 1.82) is 0 Å². The maximum absolute atomic E-state index is 3.61. The Kier molecular flexibility index (Phi) is 2.40. The van der Waals surface area contributed by atoms with E-state index >= 15 is 0 Å². The monoisotopic (exact) mass is 223 g/mol. The third kappa shape index (κ3) is 1.82. The number of para-hydroxylation sites is 1. The Morgan fingerprint density at radius 2 is 1.88 bits per heavy atom. The van der Waals surface area contributed by atoms with E-state index in [9.17, 15) is 0 Å². The smallest absolute Gasteiger partial charge is 0.0557 e. The third-order valence-electron chi connectivity index (χ3n) is 3.57. The second kappa shape index (κ2) is 3.92. The van der Waals surface area contributed by atoms with Crippen LogP contribution in [0, 0.1) is 13.8 Å². The summed E-state index contributed by atoms with van der Waals surface area (Å²) in [5.41, 5.74) is 6.86. The third-order valence-corrected chi connectivity index (χ3v) is 3.57. The molecule has 0 radical (unpaired) electrons. The number of rotatable bonds is 1. The lowest BCUT2D eigenvalue weighted by Crippen LogP contribution is -2.07. The largest absolute Gasteiger partial charge is 0.378 e. The van der Waals surface area contributed by atoms with E-state index in [1.807, 2.05) is 0 Å². The van der Waals surface area contributed by atoms with Crippen molar-refractivity contribution in [2.45, 2.75) is 26.3 Å². The van der Waals surface area contributed by atoms with Crippen molar-refractivity contribution in [3.63, 3.8) is 0 Å². The second-order valence-electron chi connectivity index (χ2n) is 4.92. The molecule has 86 valence electrons. The van der Waals surface area contributed by atoms with Gasteiger partial charge in [-0.3, -0.25) is 0 Å². The molecule has 3 rings (SSSR count). The van der Waals surface area contributed by atoms with Gasteiger partial charge in [-0.25, -0.2) is 0 Å². The summed E-state index contributed by atoms with van der Waals surface area (Å²) in [4.78, 5) is 0. The Morgan fingerprint density at radius 1 is 1.06 bits per heavy atom. The van der Waals surface area contributed by atoms with Crippen LogP contribution in [0.4, 0.5) is 5.69 Å². The van der Waals surface area contributed by atoms with Crippen LogP contribution in [0.25, 0.3) is 0 Å². The van der Waals surface area contributed by atoms with Crippen LogP contribution in [0.1, 0.15) is 28.3 Å². The zero-order valence-corrected chi connectivity index (χ0v) is 10.3. The molecule has 0 amide bonds. The molecule has 2 aromatic rings. The topological polar surface area (TPSA) is 12.0 Å². The van der Waals surface area contributed by atoms with Gasteiger partial charge in [-0.2, -0.15) is 0 Å². The predicted molar refractivity (Wildman–Crippen MR) is 72.4 cm³/mol. The fourth-order valence-electron chi connectivity index (χ4n) is 2.70. The maximum atomic E-state index is 3.61. The molecule has 0 bridgehead atoms.